The number of esters is 1. The van der Waals surface area contributed by atoms with Crippen LogP contribution < -0.4 is 15.4 Å². The van der Waals surface area contributed by atoms with Gasteiger partial charge in [-0.25, -0.2) is 4.79 Å². The average Bonchev–Trinajstić information content (AvgIpc) is 2.74. The molecule has 0 saturated carbocycles. The van der Waals surface area contributed by atoms with E-state index in [0.717, 1.165) is 11.3 Å². The number of benzene rings is 2. The minimum absolute atomic E-state index is 0.0508. The van der Waals surface area contributed by atoms with E-state index in [-0.39, 0.29) is 5.57 Å². The molecule has 2 rings (SSSR count). The predicted molar refractivity (Wildman–Crippen MR) is 109 cm³/mol. The van der Waals surface area contributed by atoms with Crippen LogP contribution in [0.3, 0.4) is 0 Å². The number of carbonyl (C=O) groups is 2. The number of anilines is 1. The Balaban J connectivity index is 1.89. The van der Waals surface area contributed by atoms with E-state index in [9.17, 15) is 14.9 Å². The lowest BCUT2D eigenvalue weighted by molar-refractivity contribution is -0.112. The smallest absolute Gasteiger partial charge is 0.338 e. The third-order valence-electron chi connectivity index (χ3n) is 3.96. The van der Waals surface area contributed by atoms with E-state index in [1.165, 1.54) is 6.20 Å². The second-order valence-electron chi connectivity index (χ2n) is 5.98. The van der Waals surface area contributed by atoms with Gasteiger partial charge in [0.25, 0.3) is 5.91 Å². The lowest BCUT2D eigenvalue weighted by Gasteiger charge is -2.07. The highest BCUT2D eigenvalue weighted by atomic mass is 16.5. The van der Waals surface area contributed by atoms with Crippen molar-refractivity contribution in [3.63, 3.8) is 0 Å². The molecule has 0 heterocycles. The SMILES string of the molecule is CCOC(=O)c1ccc(NC(=O)/C(C#N)=C\NCCc2cccc(OC)c2)cc1. The molecule has 0 aliphatic heterocycles. The second-order valence-corrected chi connectivity index (χ2v) is 5.98. The third kappa shape index (κ3) is 6.70. The van der Waals surface area contributed by atoms with Gasteiger partial charge in [-0.3, -0.25) is 4.79 Å². The van der Waals surface area contributed by atoms with Gasteiger partial charge < -0.3 is 20.1 Å². The summed E-state index contributed by atoms with van der Waals surface area (Å²) in [5.74, 6) is -0.183. The summed E-state index contributed by atoms with van der Waals surface area (Å²) in [6.07, 6.45) is 2.10. The van der Waals surface area contributed by atoms with Gasteiger partial charge in [-0.15, -0.1) is 0 Å². The van der Waals surface area contributed by atoms with Gasteiger partial charge in [-0.2, -0.15) is 5.26 Å². The van der Waals surface area contributed by atoms with Gasteiger partial charge in [0.2, 0.25) is 0 Å². The van der Waals surface area contributed by atoms with E-state index < -0.39 is 11.9 Å². The number of amides is 1. The van der Waals surface area contributed by atoms with Crippen molar-refractivity contribution in [1.82, 2.24) is 5.32 Å². The van der Waals surface area contributed by atoms with Gasteiger partial charge in [0, 0.05) is 18.4 Å². The van der Waals surface area contributed by atoms with Crippen molar-refractivity contribution in [3.8, 4) is 11.8 Å². The van der Waals surface area contributed by atoms with E-state index in [1.54, 1.807) is 38.3 Å². The molecule has 2 aromatic carbocycles. The molecule has 0 unspecified atom stereocenters. The molecule has 0 spiro atoms. The normalized spacial score (nSPS) is 10.6. The van der Waals surface area contributed by atoms with Gasteiger partial charge >= 0.3 is 5.97 Å². The van der Waals surface area contributed by atoms with Gasteiger partial charge in [-0.1, -0.05) is 12.1 Å². The van der Waals surface area contributed by atoms with Crippen LogP contribution in [0.5, 0.6) is 5.75 Å². The van der Waals surface area contributed by atoms with E-state index >= 15 is 0 Å². The summed E-state index contributed by atoms with van der Waals surface area (Å²) in [5.41, 5.74) is 1.89. The molecule has 7 nitrogen and oxygen atoms in total. The molecule has 0 aliphatic carbocycles. The summed E-state index contributed by atoms with van der Waals surface area (Å²) in [4.78, 5) is 23.9. The number of rotatable bonds is 9. The zero-order valence-electron chi connectivity index (χ0n) is 16.4. The first-order chi connectivity index (χ1) is 14.1. The number of ether oxygens (including phenoxy) is 2. The Morgan fingerprint density at radius 3 is 2.59 bits per heavy atom. The highest BCUT2D eigenvalue weighted by Crippen LogP contribution is 2.13. The monoisotopic (exact) mass is 393 g/mol. The lowest BCUT2D eigenvalue weighted by Crippen LogP contribution is -2.18. The number of nitrogens with one attached hydrogen (secondary N) is 2. The molecule has 0 saturated heterocycles. The fourth-order valence-corrected chi connectivity index (χ4v) is 2.47. The largest absolute Gasteiger partial charge is 0.497 e. The van der Waals surface area contributed by atoms with Gasteiger partial charge in [0.05, 0.1) is 19.3 Å². The summed E-state index contributed by atoms with van der Waals surface area (Å²) in [7, 11) is 1.61. The molecule has 29 heavy (non-hydrogen) atoms. The number of hydrogen-bond donors (Lipinski definition) is 2. The molecule has 7 heteroatoms. The molecule has 0 aliphatic rings. The van der Waals surface area contributed by atoms with E-state index in [1.807, 2.05) is 30.3 Å². The molecule has 2 aromatic rings. The van der Waals surface area contributed by atoms with Crippen LogP contribution in [0.1, 0.15) is 22.8 Å². The first-order valence-corrected chi connectivity index (χ1v) is 9.12. The first-order valence-electron chi connectivity index (χ1n) is 9.12. The number of hydrogen-bond acceptors (Lipinski definition) is 6. The molecular weight excluding hydrogens is 370 g/mol. The van der Waals surface area contributed by atoms with Gasteiger partial charge in [0.15, 0.2) is 0 Å². The standard InChI is InChI=1S/C22H23N3O4/c1-3-29-22(27)17-7-9-19(10-8-17)25-21(26)18(14-23)15-24-12-11-16-5-4-6-20(13-16)28-2/h4-10,13,15,24H,3,11-12H2,1-2H3,(H,25,26)/b18-15-. The maximum Gasteiger partial charge on any atom is 0.338 e. The number of nitriles is 1. The third-order valence-corrected chi connectivity index (χ3v) is 3.96. The Labute approximate surface area is 169 Å². The molecule has 0 fully saturated rings. The van der Waals surface area contributed by atoms with E-state index in [2.05, 4.69) is 10.6 Å². The Morgan fingerprint density at radius 2 is 1.93 bits per heavy atom. The van der Waals surface area contributed by atoms with E-state index in [4.69, 9.17) is 9.47 Å². The van der Waals surface area contributed by atoms with Crippen LogP contribution in [-0.4, -0.2) is 32.1 Å². The van der Waals surface area contributed by atoms with Crippen LogP contribution in [0, 0.1) is 11.3 Å². The molecular formula is C22H23N3O4. The highest BCUT2D eigenvalue weighted by molar-refractivity contribution is 6.06. The molecule has 0 radical (unpaired) electrons. The Morgan fingerprint density at radius 1 is 1.17 bits per heavy atom. The van der Waals surface area contributed by atoms with Crippen LogP contribution in [-0.2, 0) is 16.0 Å². The molecule has 1 amide bonds. The van der Waals surface area contributed by atoms with Crippen LogP contribution in [0.4, 0.5) is 5.69 Å². The van der Waals surface area contributed by atoms with Crippen LogP contribution >= 0.6 is 0 Å². The molecule has 0 bridgehead atoms. The minimum atomic E-state index is -0.537. The maximum atomic E-state index is 12.3. The minimum Gasteiger partial charge on any atom is -0.497 e. The number of carbonyl (C=O) groups excluding carboxylic acids is 2. The second kappa shape index (κ2) is 11.1. The Kier molecular flexibility index (Phi) is 8.27. The topological polar surface area (TPSA) is 100 Å². The Hall–Kier alpha value is -3.79. The Bertz CT molecular complexity index is 914. The quantitative estimate of drug-likeness (QED) is 0.294. The molecule has 0 atom stereocenters. The summed E-state index contributed by atoms with van der Waals surface area (Å²) >= 11 is 0. The van der Waals surface area contributed by atoms with Crippen molar-refractivity contribution in [3.05, 3.63) is 71.4 Å². The van der Waals surface area contributed by atoms with E-state index in [0.29, 0.717) is 30.8 Å². The van der Waals surface area contributed by atoms with Crippen molar-refractivity contribution in [2.24, 2.45) is 0 Å². The van der Waals surface area contributed by atoms with Crippen molar-refractivity contribution in [1.29, 1.82) is 5.26 Å². The zero-order chi connectivity index (χ0) is 21.1. The fourth-order valence-electron chi connectivity index (χ4n) is 2.47. The van der Waals surface area contributed by atoms with Gasteiger partial charge in [0.1, 0.15) is 17.4 Å². The van der Waals surface area contributed by atoms with Crippen molar-refractivity contribution in [2.45, 2.75) is 13.3 Å². The zero-order valence-corrected chi connectivity index (χ0v) is 16.4. The van der Waals surface area contributed by atoms with Gasteiger partial charge in [-0.05, 0) is 55.3 Å². The lowest BCUT2D eigenvalue weighted by atomic mass is 10.1. The fraction of sp³-hybridized carbons (Fsp3) is 0.227. The molecule has 150 valence electrons. The van der Waals surface area contributed by atoms with Crippen molar-refractivity contribution in [2.75, 3.05) is 25.6 Å². The number of methoxy groups -OCH3 is 1. The van der Waals surface area contributed by atoms with Crippen LogP contribution in [0.15, 0.2) is 60.3 Å². The average molecular weight is 393 g/mol. The predicted octanol–water partition coefficient (Wildman–Crippen LogP) is 3.05. The summed E-state index contributed by atoms with van der Waals surface area (Å²) in [6.45, 7) is 2.57. The summed E-state index contributed by atoms with van der Waals surface area (Å²) < 4.78 is 10.1. The maximum absolute atomic E-state index is 12.3. The number of nitrogens with zero attached hydrogens (tertiary/aromatic N) is 1. The van der Waals surface area contributed by atoms with Crippen LogP contribution in [0.2, 0.25) is 0 Å². The summed E-state index contributed by atoms with van der Waals surface area (Å²) in [5, 5.41) is 14.8. The first kappa shape index (κ1) is 21.5. The molecule has 2 N–H and O–H groups in total. The van der Waals surface area contributed by atoms with Crippen LogP contribution in [0.25, 0.3) is 0 Å². The highest BCUT2D eigenvalue weighted by Gasteiger charge is 2.10. The molecule has 0 aromatic heterocycles. The van der Waals surface area contributed by atoms with Crippen molar-refractivity contribution >= 4 is 17.6 Å². The summed E-state index contributed by atoms with van der Waals surface area (Å²) in [6, 6.07) is 15.8. The van der Waals surface area contributed by atoms with Crippen molar-refractivity contribution < 1.29 is 19.1 Å².